The minimum Gasteiger partial charge on any atom is -0.463 e. The van der Waals surface area contributed by atoms with E-state index in [0.717, 1.165) is 6.20 Å². The molecule has 0 aliphatic rings. The average Bonchev–Trinajstić information content (AvgIpc) is 2.17. The molecule has 0 fully saturated rings. The molecule has 0 aromatic carbocycles. The number of aromatic nitrogens is 1. The Morgan fingerprint density at radius 1 is 1.64 bits per heavy atom. The maximum Gasteiger partial charge on any atom is 0.330 e. The highest BCUT2D eigenvalue weighted by molar-refractivity contribution is 5.86. The normalized spacial score (nSPS) is 10.4. The fraction of sp³-hybridized carbons (Fsp3) is 0.200. The number of hydrogen-bond acceptors (Lipinski definition) is 3. The Hall–Kier alpha value is -1.71. The van der Waals surface area contributed by atoms with Gasteiger partial charge in [0.25, 0.3) is 0 Å². The molecule has 0 atom stereocenters. The fourth-order valence-electron chi connectivity index (χ4n) is 0.830. The lowest BCUT2D eigenvalue weighted by atomic mass is 10.3. The Labute approximate surface area is 81.2 Å². The number of carbonyl (C=O) groups excluding carboxylic acids is 1. The second kappa shape index (κ2) is 5.11. The highest BCUT2D eigenvalue weighted by atomic mass is 19.1. The molecule has 0 amide bonds. The molecular weight excluding hydrogens is 185 g/mol. The summed E-state index contributed by atoms with van der Waals surface area (Å²) in [5.41, 5.74) is 0.513. The zero-order valence-corrected chi connectivity index (χ0v) is 7.74. The van der Waals surface area contributed by atoms with Gasteiger partial charge in [-0.15, -0.1) is 0 Å². The van der Waals surface area contributed by atoms with E-state index in [0.29, 0.717) is 12.3 Å². The largest absolute Gasteiger partial charge is 0.463 e. The third-order valence-corrected chi connectivity index (χ3v) is 1.43. The predicted molar refractivity (Wildman–Crippen MR) is 49.9 cm³/mol. The van der Waals surface area contributed by atoms with E-state index in [1.165, 1.54) is 24.3 Å². The van der Waals surface area contributed by atoms with Crippen molar-refractivity contribution in [3.8, 4) is 0 Å². The number of ether oxygens (including phenoxy) is 1. The molecule has 0 spiro atoms. The van der Waals surface area contributed by atoms with Gasteiger partial charge < -0.3 is 4.74 Å². The van der Waals surface area contributed by atoms with Gasteiger partial charge in [-0.2, -0.15) is 0 Å². The highest BCUT2D eigenvalue weighted by Gasteiger charge is 1.94. The van der Waals surface area contributed by atoms with Crippen LogP contribution in [0.3, 0.4) is 0 Å². The lowest BCUT2D eigenvalue weighted by Gasteiger charge is -1.94. The Bertz CT molecular complexity index is 332. The van der Waals surface area contributed by atoms with Crippen molar-refractivity contribution in [2.75, 3.05) is 6.61 Å². The molecule has 1 rings (SSSR count). The summed E-state index contributed by atoms with van der Waals surface area (Å²) < 4.78 is 17.1. The van der Waals surface area contributed by atoms with Crippen molar-refractivity contribution in [1.29, 1.82) is 0 Å². The molecule has 0 bridgehead atoms. The van der Waals surface area contributed by atoms with Crippen LogP contribution < -0.4 is 0 Å². The predicted octanol–water partition coefficient (Wildman–Crippen LogP) is 1.80. The third kappa shape index (κ3) is 3.35. The number of esters is 1. The molecular formula is C10H10FNO2. The SMILES string of the molecule is CCOC(=O)C=Cc1ccc(F)cn1. The summed E-state index contributed by atoms with van der Waals surface area (Å²) >= 11 is 0. The molecule has 0 unspecified atom stereocenters. The van der Waals surface area contributed by atoms with E-state index >= 15 is 0 Å². The standard InChI is InChI=1S/C10H10FNO2/c1-2-14-10(13)6-5-9-4-3-8(11)7-12-9/h3-7H,2H2,1H3. The second-order valence-corrected chi connectivity index (χ2v) is 2.49. The first-order valence-corrected chi connectivity index (χ1v) is 4.18. The summed E-state index contributed by atoms with van der Waals surface area (Å²) in [7, 11) is 0. The Kier molecular flexibility index (Phi) is 3.79. The van der Waals surface area contributed by atoms with Gasteiger partial charge in [0.15, 0.2) is 0 Å². The lowest BCUT2D eigenvalue weighted by molar-refractivity contribution is -0.137. The van der Waals surface area contributed by atoms with Crippen LogP contribution in [0, 0.1) is 5.82 Å². The van der Waals surface area contributed by atoms with Crippen LogP contribution >= 0.6 is 0 Å². The molecule has 74 valence electrons. The van der Waals surface area contributed by atoms with E-state index in [1.54, 1.807) is 6.92 Å². The second-order valence-electron chi connectivity index (χ2n) is 2.49. The smallest absolute Gasteiger partial charge is 0.330 e. The Balaban J connectivity index is 2.60. The van der Waals surface area contributed by atoms with Crippen LogP contribution in [0.25, 0.3) is 6.08 Å². The van der Waals surface area contributed by atoms with Crippen molar-refractivity contribution in [1.82, 2.24) is 4.98 Å². The number of hydrogen-bond donors (Lipinski definition) is 0. The van der Waals surface area contributed by atoms with Crippen LogP contribution in [0.4, 0.5) is 4.39 Å². The van der Waals surface area contributed by atoms with E-state index in [2.05, 4.69) is 9.72 Å². The van der Waals surface area contributed by atoms with Gasteiger partial charge in [-0.05, 0) is 25.1 Å². The van der Waals surface area contributed by atoms with Crippen molar-refractivity contribution in [2.24, 2.45) is 0 Å². The highest BCUT2D eigenvalue weighted by Crippen LogP contribution is 2.00. The minimum atomic E-state index is -0.432. The van der Waals surface area contributed by atoms with Gasteiger partial charge in [0.1, 0.15) is 5.82 Å². The summed E-state index contributed by atoms with van der Waals surface area (Å²) in [4.78, 5) is 14.6. The first-order valence-electron chi connectivity index (χ1n) is 4.18. The summed E-state index contributed by atoms with van der Waals surface area (Å²) in [6.45, 7) is 2.06. The van der Waals surface area contributed by atoms with E-state index in [1.807, 2.05) is 0 Å². The van der Waals surface area contributed by atoms with Crippen molar-refractivity contribution in [2.45, 2.75) is 6.92 Å². The lowest BCUT2D eigenvalue weighted by Crippen LogP contribution is -1.98. The summed E-state index contributed by atoms with van der Waals surface area (Å²) in [6, 6.07) is 2.75. The third-order valence-electron chi connectivity index (χ3n) is 1.43. The maximum atomic E-state index is 12.4. The van der Waals surface area contributed by atoms with Crippen LogP contribution in [-0.2, 0) is 9.53 Å². The molecule has 0 saturated carbocycles. The molecule has 0 aliphatic carbocycles. The molecule has 0 saturated heterocycles. The summed E-state index contributed by atoms with van der Waals surface area (Å²) in [5, 5.41) is 0. The van der Waals surface area contributed by atoms with E-state index in [9.17, 15) is 9.18 Å². The molecule has 0 radical (unpaired) electrons. The van der Waals surface area contributed by atoms with Crippen molar-refractivity contribution >= 4 is 12.0 Å². The number of rotatable bonds is 3. The van der Waals surface area contributed by atoms with Gasteiger partial charge >= 0.3 is 5.97 Å². The van der Waals surface area contributed by atoms with Gasteiger partial charge in [0, 0.05) is 6.08 Å². The quantitative estimate of drug-likeness (QED) is 0.545. The molecule has 4 heteroatoms. The monoisotopic (exact) mass is 195 g/mol. The van der Waals surface area contributed by atoms with E-state index in [4.69, 9.17) is 0 Å². The zero-order chi connectivity index (χ0) is 10.4. The van der Waals surface area contributed by atoms with Gasteiger partial charge in [0.05, 0.1) is 18.5 Å². The molecule has 1 aromatic rings. The molecule has 1 aromatic heterocycles. The average molecular weight is 195 g/mol. The van der Waals surface area contributed by atoms with Crippen LogP contribution in [0.2, 0.25) is 0 Å². The first kappa shape index (κ1) is 10.4. The van der Waals surface area contributed by atoms with Crippen LogP contribution in [0.5, 0.6) is 0 Å². The van der Waals surface area contributed by atoms with Crippen molar-refractivity contribution < 1.29 is 13.9 Å². The molecule has 14 heavy (non-hydrogen) atoms. The molecule has 0 aliphatic heterocycles. The zero-order valence-electron chi connectivity index (χ0n) is 7.74. The molecule has 0 N–H and O–H groups in total. The van der Waals surface area contributed by atoms with Crippen LogP contribution in [0.1, 0.15) is 12.6 Å². The van der Waals surface area contributed by atoms with Gasteiger partial charge in [-0.3, -0.25) is 4.98 Å². The van der Waals surface area contributed by atoms with Gasteiger partial charge in [0.2, 0.25) is 0 Å². The maximum absolute atomic E-state index is 12.4. The van der Waals surface area contributed by atoms with Gasteiger partial charge in [-0.25, -0.2) is 9.18 Å². The fourth-order valence-corrected chi connectivity index (χ4v) is 0.830. The molecule has 1 heterocycles. The van der Waals surface area contributed by atoms with Crippen molar-refractivity contribution in [3.05, 3.63) is 35.9 Å². The Morgan fingerprint density at radius 2 is 2.43 bits per heavy atom. The van der Waals surface area contributed by atoms with Gasteiger partial charge in [-0.1, -0.05) is 0 Å². The van der Waals surface area contributed by atoms with E-state index in [-0.39, 0.29) is 0 Å². The minimum absolute atomic E-state index is 0.333. The van der Waals surface area contributed by atoms with Crippen LogP contribution in [0.15, 0.2) is 24.4 Å². The van der Waals surface area contributed by atoms with Crippen LogP contribution in [-0.4, -0.2) is 17.6 Å². The number of carbonyl (C=O) groups is 1. The number of nitrogens with zero attached hydrogens (tertiary/aromatic N) is 1. The molecule has 3 nitrogen and oxygen atoms in total. The number of halogens is 1. The Morgan fingerprint density at radius 3 is 3.00 bits per heavy atom. The van der Waals surface area contributed by atoms with E-state index < -0.39 is 11.8 Å². The topological polar surface area (TPSA) is 39.2 Å². The number of pyridine rings is 1. The first-order chi connectivity index (χ1) is 6.72. The van der Waals surface area contributed by atoms with Crippen molar-refractivity contribution in [3.63, 3.8) is 0 Å². The summed E-state index contributed by atoms with van der Waals surface area (Å²) in [5.74, 6) is -0.836. The summed E-state index contributed by atoms with van der Waals surface area (Å²) in [6.07, 6.45) is 3.81.